The highest BCUT2D eigenvalue weighted by atomic mass is 16.5. The molecule has 25 heavy (non-hydrogen) atoms. The number of rotatable bonds is 8. The van der Waals surface area contributed by atoms with E-state index in [9.17, 15) is 0 Å². The minimum atomic E-state index is 0.715. The largest absolute Gasteiger partial charge is 0.492 e. The van der Waals surface area contributed by atoms with Gasteiger partial charge in [-0.3, -0.25) is 4.90 Å². The maximum Gasteiger partial charge on any atom is 0.119 e. The summed E-state index contributed by atoms with van der Waals surface area (Å²) in [7, 11) is 0. The van der Waals surface area contributed by atoms with Crippen molar-refractivity contribution in [1.29, 1.82) is 0 Å². The Morgan fingerprint density at radius 2 is 1.76 bits per heavy atom. The molecular formula is C21H33N3O. The molecular weight excluding hydrogens is 310 g/mol. The zero-order valence-corrected chi connectivity index (χ0v) is 15.4. The van der Waals surface area contributed by atoms with Crippen LogP contribution >= 0.6 is 0 Å². The Hall–Kier alpha value is -1.10. The van der Waals surface area contributed by atoms with Crippen LogP contribution in [0.15, 0.2) is 24.3 Å². The van der Waals surface area contributed by atoms with Crippen LogP contribution < -0.4 is 15.4 Å². The van der Waals surface area contributed by atoms with Crippen LogP contribution in [0.5, 0.6) is 5.75 Å². The Bertz CT molecular complexity index is 514. The number of likely N-dealkylation sites (tertiary alicyclic amines) is 1. The van der Waals surface area contributed by atoms with Crippen molar-refractivity contribution >= 4 is 0 Å². The van der Waals surface area contributed by atoms with E-state index in [1.165, 1.54) is 57.2 Å². The van der Waals surface area contributed by atoms with Gasteiger partial charge in [-0.25, -0.2) is 0 Å². The second-order valence-electron chi connectivity index (χ2n) is 8.05. The van der Waals surface area contributed by atoms with Crippen molar-refractivity contribution in [2.75, 3.05) is 32.8 Å². The van der Waals surface area contributed by atoms with Gasteiger partial charge < -0.3 is 15.4 Å². The predicted octanol–water partition coefficient (Wildman–Crippen LogP) is 2.58. The van der Waals surface area contributed by atoms with E-state index in [-0.39, 0.29) is 0 Å². The lowest BCUT2D eigenvalue weighted by Crippen LogP contribution is -2.46. The lowest BCUT2D eigenvalue weighted by Gasteiger charge is -2.29. The highest BCUT2D eigenvalue weighted by molar-refractivity contribution is 5.27. The molecule has 0 amide bonds. The van der Waals surface area contributed by atoms with E-state index < -0.39 is 0 Å². The van der Waals surface area contributed by atoms with Gasteiger partial charge in [-0.2, -0.15) is 0 Å². The molecule has 0 radical (unpaired) electrons. The summed E-state index contributed by atoms with van der Waals surface area (Å²) in [6, 6.07) is 11.0. The molecule has 2 atom stereocenters. The SMILES string of the molecule is c1cc(OCCN2CCCC2)ccc1CCNC1CC2CCC(C1)N2. The molecule has 4 rings (SSSR count). The molecule has 0 saturated carbocycles. The minimum absolute atomic E-state index is 0.715. The van der Waals surface area contributed by atoms with E-state index in [4.69, 9.17) is 4.74 Å². The molecule has 4 heteroatoms. The summed E-state index contributed by atoms with van der Waals surface area (Å²) < 4.78 is 5.89. The number of hydrogen-bond acceptors (Lipinski definition) is 4. The van der Waals surface area contributed by atoms with E-state index >= 15 is 0 Å². The van der Waals surface area contributed by atoms with E-state index in [1.54, 1.807) is 0 Å². The first-order chi connectivity index (χ1) is 12.3. The zero-order chi connectivity index (χ0) is 16.9. The van der Waals surface area contributed by atoms with E-state index in [0.717, 1.165) is 44.0 Å². The van der Waals surface area contributed by atoms with Crippen molar-refractivity contribution in [2.24, 2.45) is 0 Å². The minimum Gasteiger partial charge on any atom is -0.492 e. The summed E-state index contributed by atoms with van der Waals surface area (Å²) in [5.41, 5.74) is 1.40. The van der Waals surface area contributed by atoms with Gasteiger partial charge in [0.25, 0.3) is 0 Å². The summed E-state index contributed by atoms with van der Waals surface area (Å²) in [6.45, 7) is 5.43. The van der Waals surface area contributed by atoms with Crippen LogP contribution in [0.25, 0.3) is 0 Å². The number of benzene rings is 1. The second-order valence-corrected chi connectivity index (χ2v) is 8.05. The van der Waals surface area contributed by atoms with Crippen molar-refractivity contribution in [3.63, 3.8) is 0 Å². The molecule has 2 bridgehead atoms. The zero-order valence-electron chi connectivity index (χ0n) is 15.4. The quantitative estimate of drug-likeness (QED) is 0.761. The fourth-order valence-corrected chi connectivity index (χ4v) is 4.70. The molecule has 1 aromatic carbocycles. The van der Waals surface area contributed by atoms with E-state index in [0.29, 0.717) is 6.04 Å². The topological polar surface area (TPSA) is 36.5 Å². The van der Waals surface area contributed by atoms with Crippen LogP contribution in [0.1, 0.15) is 44.1 Å². The third-order valence-corrected chi connectivity index (χ3v) is 6.12. The maximum atomic E-state index is 5.89. The smallest absolute Gasteiger partial charge is 0.119 e. The summed E-state index contributed by atoms with van der Waals surface area (Å²) >= 11 is 0. The molecule has 3 aliphatic heterocycles. The maximum absolute atomic E-state index is 5.89. The summed E-state index contributed by atoms with van der Waals surface area (Å²) in [6.07, 6.45) is 9.17. The van der Waals surface area contributed by atoms with Crippen molar-refractivity contribution in [3.05, 3.63) is 29.8 Å². The molecule has 0 aliphatic carbocycles. The number of ether oxygens (including phenoxy) is 1. The van der Waals surface area contributed by atoms with Crippen LogP contribution in [0, 0.1) is 0 Å². The van der Waals surface area contributed by atoms with Gasteiger partial charge in [0.15, 0.2) is 0 Å². The summed E-state index contributed by atoms with van der Waals surface area (Å²) in [4.78, 5) is 2.49. The Morgan fingerprint density at radius 3 is 2.48 bits per heavy atom. The van der Waals surface area contributed by atoms with Crippen molar-refractivity contribution in [3.8, 4) is 5.75 Å². The van der Waals surface area contributed by atoms with Crippen molar-refractivity contribution in [2.45, 2.75) is 63.1 Å². The normalized spacial score (nSPS) is 29.2. The fraction of sp³-hybridized carbons (Fsp3) is 0.714. The third-order valence-electron chi connectivity index (χ3n) is 6.12. The number of fused-ring (bicyclic) bond motifs is 2. The molecule has 3 fully saturated rings. The first kappa shape index (κ1) is 17.3. The van der Waals surface area contributed by atoms with Crippen molar-refractivity contribution in [1.82, 2.24) is 15.5 Å². The lowest BCUT2D eigenvalue weighted by molar-refractivity contribution is 0.238. The molecule has 138 valence electrons. The van der Waals surface area contributed by atoms with Gasteiger partial charge in [0, 0.05) is 24.7 Å². The highest BCUT2D eigenvalue weighted by Crippen LogP contribution is 2.26. The van der Waals surface area contributed by atoms with Crippen molar-refractivity contribution < 1.29 is 4.74 Å². The van der Waals surface area contributed by atoms with Gasteiger partial charge in [-0.05, 0) is 82.3 Å². The van der Waals surface area contributed by atoms with Crippen LogP contribution in [0.2, 0.25) is 0 Å². The lowest BCUT2D eigenvalue weighted by atomic mass is 9.99. The van der Waals surface area contributed by atoms with Gasteiger partial charge in [-0.1, -0.05) is 12.1 Å². The average molecular weight is 344 g/mol. The van der Waals surface area contributed by atoms with Crippen LogP contribution in [0.4, 0.5) is 0 Å². The monoisotopic (exact) mass is 343 g/mol. The van der Waals surface area contributed by atoms with Gasteiger partial charge in [-0.15, -0.1) is 0 Å². The highest BCUT2D eigenvalue weighted by Gasteiger charge is 2.32. The number of nitrogens with one attached hydrogen (secondary N) is 2. The molecule has 3 heterocycles. The second kappa shape index (κ2) is 8.52. The third kappa shape index (κ3) is 4.96. The van der Waals surface area contributed by atoms with Crippen LogP contribution in [-0.2, 0) is 6.42 Å². The number of nitrogens with zero attached hydrogens (tertiary/aromatic N) is 1. The number of piperidine rings is 1. The summed E-state index contributed by atoms with van der Waals surface area (Å²) in [5.74, 6) is 1.01. The molecule has 2 unspecified atom stereocenters. The van der Waals surface area contributed by atoms with Gasteiger partial charge >= 0.3 is 0 Å². The fourth-order valence-electron chi connectivity index (χ4n) is 4.70. The Balaban J connectivity index is 1.13. The molecule has 0 aromatic heterocycles. The Labute approximate surface area is 152 Å². The molecule has 3 aliphatic rings. The van der Waals surface area contributed by atoms with Gasteiger partial charge in [0.2, 0.25) is 0 Å². The Morgan fingerprint density at radius 1 is 1.04 bits per heavy atom. The molecule has 3 saturated heterocycles. The van der Waals surface area contributed by atoms with Gasteiger partial charge in [0.1, 0.15) is 12.4 Å². The van der Waals surface area contributed by atoms with Gasteiger partial charge in [0.05, 0.1) is 0 Å². The van der Waals surface area contributed by atoms with E-state index in [1.807, 2.05) is 0 Å². The first-order valence-corrected chi connectivity index (χ1v) is 10.3. The molecule has 2 N–H and O–H groups in total. The molecule has 0 spiro atoms. The first-order valence-electron chi connectivity index (χ1n) is 10.3. The Kier molecular flexibility index (Phi) is 5.90. The summed E-state index contributed by atoms with van der Waals surface area (Å²) in [5, 5.41) is 7.49. The number of hydrogen-bond donors (Lipinski definition) is 2. The standard InChI is InChI=1S/C21H33N3O/c1-2-12-24(11-1)13-14-25-21-7-3-17(4-8-21)9-10-22-20-15-18-5-6-19(16-20)23-18/h3-4,7-8,18-20,22-23H,1-2,5-6,9-16H2. The predicted molar refractivity (Wildman–Crippen MR) is 102 cm³/mol. The van der Waals surface area contributed by atoms with Crippen LogP contribution in [-0.4, -0.2) is 55.8 Å². The van der Waals surface area contributed by atoms with E-state index in [2.05, 4.69) is 39.8 Å². The molecule has 1 aromatic rings. The average Bonchev–Trinajstić information content (AvgIpc) is 3.26. The molecule has 4 nitrogen and oxygen atoms in total. The van der Waals surface area contributed by atoms with Crippen LogP contribution in [0.3, 0.4) is 0 Å².